The number of ether oxygens (including phenoxy) is 2. The number of rotatable bonds is 2. The van der Waals surface area contributed by atoms with Gasteiger partial charge >= 0.3 is 0 Å². The van der Waals surface area contributed by atoms with Crippen molar-refractivity contribution in [1.82, 2.24) is 4.90 Å². The summed E-state index contributed by atoms with van der Waals surface area (Å²) in [5.41, 5.74) is 4.16. The predicted octanol–water partition coefficient (Wildman–Crippen LogP) is 4.76. The number of allylic oxidation sites excluding steroid dienone is 2. The van der Waals surface area contributed by atoms with Gasteiger partial charge < -0.3 is 9.47 Å². The Hall–Kier alpha value is -1.58. The molecule has 5 rings (SSSR count). The molecule has 138 valence electrons. The lowest BCUT2D eigenvalue weighted by Gasteiger charge is -2.56. The number of morpholine rings is 1. The van der Waals surface area contributed by atoms with Crippen LogP contribution in [0.4, 0.5) is 0 Å². The maximum atomic E-state index is 7.08. The quantitative estimate of drug-likeness (QED) is 0.767. The lowest BCUT2D eigenvalue weighted by molar-refractivity contribution is -0.182. The van der Waals surface area contributed by atoms with E-state index < -0.39 is 0 Å². The summed E-state index contributed by atoms with van der Waals surface area (Å²) >= 11 is 0. The van der Waals surface area contributed by atoms with Gasteiger partial charge in [-0.05, 0) is 43.3 Å². The third kappa shape index (κ3) is 2.64. The first-order valence-corrected chi connectivity index (χ1v) is 10.4. The summed E-state index contributed by atoms with van der Waals surface area (Å²) in [7, 11) is 0. The Labute approximate surface area is 156 Å². The third-order valence-electron chi connectivity index (χ3n) is 6.68. The Balaban J connectivity index is 1.64. The molecule has 2 atom stereocenters. The summed E-state index contributed by atoms with van der Waals surface area (Å²) in [5, 5.41) is 0. The largest absolute Gasteiger partial charge is 0.471 e. The first-order valence-electron chi connectivity index (χ1n) is 10.4. The molecule has 2 aliphatic heterocycles. The van der Waals surface area contributed by atoms with Crippen LogP contribution in [-0.4, -0.2) is 36.9 Å². The molecule has 2 heterocycles. The van der Waals surface area contributed by atoms with E-state index in [9.17, 15) is 0 Å². The Bertz CT molecular complexity index is 717. The van der Waals surface area contributed by atoms with E-state index in [1.807, 2.05) is 0 Å². The van der Waals surface area contributed by atoms with Crippen LogP contribution >= 0.6 is 0 Å². The normalized spacial score (nSPS) is 32.3. The average Bonchev–Trinajstić information content (AvgIpc) is 2.74. The Morgan fingerprint density at radius 1 is 1.00 bits per heavy atom. The highest BCUT2D eigenvalue weighted by Crippen LogP contribution is 2.54. The Morgan fingerprint density at radius 3 is 2.69 bits per heavy atom. The molecule has 1 saturated heterocycles. The van der Waals surface area contributed by atoms with Gasteiger partial charge in [0.2, 0.25) is 0 Å². The van der Waals surface area contributed by atoms with Gasteiger partial charge in [0.15, 0.2) is 5.72 Å². The van der Waals surface area contributed by atoms with Crippen LogP contribution in [0.2, 0.25) is 0 Å². The standard InChI is InChI=1S/C23H29NO2/c1-2-8-18(9-3-1)22-20-11-5-4-10-19(20)21-12-6-7-13-23(21,26-22)24-14-16-25-17-15-24/h1-3,8-10,21H,4-7,11-17H2/t21-,23-/m0/s1. The van der Waals surface area contributed by atoms with E-state index in [4.69, 9.17) is 9.47 Å². The van der Waals surface area contributed by atoms with Gasteiger partial charge in [0.25, 0.3) is 0 Å². The predicted molar refractivity (Wildman–Crippen MR) is 103 cm³/mol. The molecule has 0 aromatic heterocycles. The SMILES string of the molecule is C1=C2C(=C(c3ccccc3)O[C@@]3(N4CCOCC4)CCCC[C@@H]23)CCC1. The van der Waals surface area contributed by atoms with E-state index in [0.29, 0.717) is 5.92 Å². The summed E-state index contributed by atoms with van der Waals surface area (Å²) in [6.07, 6.45) is 11.1. The zero-order valence-electron chi connectivity index (χ0n) is 15.6. The molecule has 0 N–H and O–H groups in total. The molecule has 3 nitrogen and oxygen atoms in total. The van der Waals surface area contributed by atoms with E-state index in [1.165, 1.54) is 43.2 Å². The van der Waals surface area contributed by atoms with Crippen molar-refractivity contribution in [3.63, 3.8) is 0 Å². The van der Waals surface area contributed by atoms with E-state index in [0.717, 1.165) is 44.9 Å². The number of nitrogens with zero attached hydrogens (tertiary/aromatic N) is 1. The number of benzene rings is 1. The topological polar surface area (TPSA) is 21.7 Å². The molecular formula is C23H29NO2. The van der Waals surface area contributed by atoms with Crippen molar-refractivity contribution < 1.29 is 9.47 Å². The maximum absolute atomic E-state index is 7.08. The van der Waals surface area contributed by atoms with Crippen molar-refractivity contribution in [2.75, 3.05) is 26.3 Å². The second-order valence-electron chi connectivity index (χ2n) is 8.07. The van der Waals surface area contributed by atoms with Crippen LogP contribution in [0.25, 0.3) is 5.76 Å². The molecule has 0 spiro atoms. The summed E-state index contributed by atoms with van der Waals surface area (Å²) in [4.78, 5) is 2.61. The minimum Gasteiger partial charge on any atom is -0.471 e. The number of hydrogen-bond donors (Lipinski definition) is 0. The van der Waals surface area contributed by atoms with E-state index >= 15 is 0 Å². The third-order valence-corrected chi connectivity index (χ3v) is 6.68. The second-order valence-corrected chi connectivity index (χ2v) is 8.07. The highest BCUT2D eigenvalue weighted by atomic mass is 16.5. The van der Waals surface area contributed by atoms with Crippen LogP contribution < -0.4 is 0 Å². The molecule has 2 aliphatic carbocycles. The van der Waals surface area contributed by atoms with E-state index in [2.05, 4.69) is 41.3 Å². The molecule has 1 saturated carbocycles. The number of fused-ring (bicyclic) bond motifs is 3. The van der Waals surface area contributed by atoms with Crippen molar-refractivity contribution in [2.24, 2.45) is 5.92 Å². The zero-order valence-corrected chi connectivity index (χ0v) is 15.6. The van der Waals surface area contributed by atoms with Crippen LogP contribution in [0.3, 0.4) is 0 Å². The van der Waals surface area contributed by atoms with Crippen molar-refractivity contribution in [1.29, 1.82) is 0 Å². The van der Waals surface area contributed by atoms with Gasteiger partial charge in [0.1, 0.15) is 5.76 Å². The van der Waals surface area contributed by atoms with Crippen LogP contribution in [0.5, 0.6) is 0 Å². The molecule has 0 radical (unpaired) electrons. The molecule has 1 aromatic carbocycles. The monoisotopic (exact) mass is 351 g/mol. The molecule has 0 amide bonds. The van der Waals surface area contributed by atoms with Crippen LogP contribution in [0.15, 0.2) is 47.6 Å². The minimum atomic E-state index is -0.167. The second kappa shape index (κ2) is 6.86. The average molecular weight is 351 g/mol. The smallest absolute Gasteiger partial charge is 0.170 e. The molecule has 2 fully saturated rings. The Morgan fingerprint density at radius 2 is 1.85 bits per heavy atom. The molecule has 3 heteroatoms. The first kappa shape index (κ1) is 16.6. The van der Waals surface area contributed by atoms with Gasteiger partial charge in [0.05, 0.1) is 13.2 Å². The summed E-state index contributed by atoms with van der Waals surface area (Å²) in [6.45, 7) is 3.63. The van der Waals surface area contributed by atoms with Crippen LogP contribution in [0, 0.1) is 5.92 Å². The van der Waals surface area contributed by atoms with Crippen molar-refractivity contribution >= 4 is 5.76 Å². The molecule has 0 unspecified atom stereocenters. The molecule has 0 bridgehead atoms. The van der Waals surface area contributed by atoms with E-state index in [-0.39, 0.29) is 5.72 Å². The fourth-order valence-electron chi connectivity index (χ4n) is 5.49. The van der Waals surface area contributed by atoms with Gasteiger partial charge in [-0.25, -0.2) is 0 Å². The maximum Gasteiger partial charge on any atom is 0.170 e. The van der Waals surface area contributed by atoms with Crippen molar-refractivity contribution in [3.8, 4) is 0 Å². The minimum absolute atomic E-state index is 0.167. The number of hydrogen-bond acceptors (Lipinski definition) is 3. The van der Waals surface area contributed by atoms with Crippen LogP contribution in [-0.2, 0) is 9.47 Å². The summed E-state index contributed by atoms with van der Waals surface area (Å²) in [5.74, 6) is 1.68. The van der Waals surface area contributed by atoms with Crippen molar-refractivity contribution in [2.45, 2.75) is 50.7 Å². The zero-order chi connectivity index (χ0) is 17.4. The van der Waals surface area contributed by atoms with Crippen LogP contribution in [0.1, 0.15) is 50.5 Å². The summed E-state index contributed by atoms with van der Waals surface area (Å²) < 4.78 is 12.7. The molecular weight excluding hydrogens is 322 g/mol. The lowest BCUT2D eigenvalue weighted by Crippen LogP contribution is -2.61. The van der Waals surface area contributed by atoms with E-state index in [1.54, 1.807) is 5.57 Å². The van der Waals surface area contributed by atoms with Gasteiger partial charge in [-0.15, -0.1) is 0 Å². The van der Waals surface area contributed by atoms with Crippen molar-refractivity contribution in [3.05, 3.63) is 53.1 Å². The summed E-state index contributed by atoms with van der Waals surface area (Å²) in [6, 6.07) is 10.8. The van der Waals surface area contributed by atoms with Gasteiger partial charge in [-0.3, -0.25) is 4.90 Å². The fraction of sp³-hybridized carbons (Fsp3) is 0.565. The Kier molecular flexibility index (Phi) is 4.38. The highest BCUT2D eigenvalue weighted by Gasteiger charge is 2.53. The highest BCUT2D eigenvalue weighted by molar-refractivity contribution is 5.70. The van der Waals surface area contributed by atoms with Gasteiger partial charge in [0, 0.05) is 31.0 Å². The van der Waals surface area contributed by atoms with Gasteiger partial charge in [-0.2, -0.15) is 0 Å². The molecule has 4 aliphatic rings. The molecule has 1 aromatic rings. The lowest BCUT2D eigenvalue weighted by atomic mass is 9.69. The first-order chi connectivity index (χ1) is 12.9. The molecule has 26 heavy (non-hydrogen) atoms. The fourth-order valence-corrected chi connectivity index (χ4v) is 5.49. The van der Waals surface area contributed by atoms with Gasteiger partial charge in [-0.1, -0.05) is 42.8 Å².